The molecule has 31 heavy (non-hydrogen) atoms. The van der Waals surface area contributed by atoms with Crippen molar-refractivity contribution < 1.29 is 14.3 Å². The molecule has 0 atom stereocenters. The quantitative estimate of drug-likeness (QED) is 0.599. The maximum atomic E-state index is 12.8. The Labute approximate surface area is 186 Å². The molecule has 168 valence electrons. The van der Waals surface area contributed by atoms with Crippen molar-refractivity contribution >= 4 is 5.91 Å². The summed E-state index contributed by atoms with van der Waals surface area (Å²) in [6, 6.07) is 15.8. The largest absolute Gasteiger partial charge is 0.492 e. The first-order chi connectivity index (χ1) is 15.2. The van der Waals surface area contributed by atoms with E-state index in [2.05, 4.69) is 35.0 Å². The van der Waals surface area contributed by atoms with Crippen molar-refractivity contribution in [3.05, 3.63) is 65.2 Å². The van der Waals surface area contributed by atoms with Gasteiger partial charge in [-0.05, 0) is 36.9 Å². The van der Waals surface area contributed by atoms with Crippen LogP contribution in [0.25, 0.3) is 0 Å². The van der Waals surface area contributed by atoms with Crippen LogP contribution in [0.4, 0.5) is 0 Å². The first-order valence-electron chi connectivity index (χ1n) is 11.3. The smallest absolute Gasteiger partial charge is 0.251 e. The SMILES string of the molecule is CCN(CC)CCOc1ccccc1CNC(=O)c1cccc(CN2CCOCC2)c1. The Hall–Kier alpha value is -2.41. The van der Waals surface area contributed by atoms with Crippen LogP contribution in [0.1, 0.15) is 35.3 Å². The number of para-hydroxylation sites is 1. The molecule has 1 fully saturated rings. The molecule has 1 aliphatic rings. The minimum absolute atomic E-state index is 0.0678. The van der Waals surface area contributed by atoms with Crippen LogP contribution in [0.15, 0.2) is 48.5 Å². The summed E-state index contributed by atoms with van der Waals surface area (Å²) in [6.07, 6.45) is 0. The van der Waals surface area contributed by atoms with E-state index in [9.17, 15) is 4.79 Å². The van der Waals surface area contributed by atoms with Gasteiger partial charge in [0.15, 0.2) is 0 Å². The molecule has 0 spiro atoms. The molecular weight excluding hydrogens is 390 g/mol. The predicted molar refractivity (Wildman–Crippen MR) is 123 cm³/mol. The summed E-state index contributed by atoms with van der Waals surface area (Å²) in [6.45, 7) is 12.6. The standard InChI is InChI=1S/C25H35N3O3/c1-3-27(4-2)14-17-31-24-11-6-5-9-23(24)19-26-25(29)22-10-7-8-21(18-22)20-28-12-15-30-16-13-28/h5-11,18H,3-4,12-17,19-20H2,1-2H3,(H,26,29). The summed E-state index contributed by atoms with van der Waals surface area (Å²) in [4.78, 5) is 17.4. The first-order valence-corrected chi connectivity index (χ1v) is 11.3. The number of ether oxygens (including phenoxy) is 2. The Morgan fingerprint density at radius 2 is 1.87 bits per heavy atom. The third kappa shape index (κ3) is 7.35. The lowest BCUT2D eigenvalue weighted by Crippen LogP contribution is -2.35. The van der Waals surface area contributed by atoms with Crippen molar-refractivity contribution in [3.8, 4) is 5.75 Å². The highest BCUT2D eigenvalue weighted by atomic mass is 16.5. The molecule has 6 heteroatoms. The van der Waals surface area contributed by atoms with Crippen LogP contribution < -0.4 is 10.1 Å². The second-order valence-corrected chi connectivity index (χ2v) is 7.75. The van der Waals surface area contributed by atoms with Crippen LogP contribution in [0.2, 0.25) is 0 Å². The summed E-state index contributed by atoms with van der Waals surface area (Å²) in [7, 11) is 0. The molecule has 0 aliphatic carbocycles. The number of nitrogens with one attached hydrogen (secondary N) is 1. The zero-order valence-electron chi connectivity index (χ0n) is 18.8. The number of hydrogen-bond donors (Lipinski definition) is 1. The molecular formula is C25H35N3O3. The highest BCUT2D eigenvalue weighted by Gasteiger charge is 2.13. The highest BCUT2D eigenvalue weighted by molar-refractivity contribution is 5.94. The number of benzene rings is 2. The van der Waals surface area contributed by atoms with Gasteiger partial charge < -0.3 is 19.7 Å². The van der Waals surface area contributed by atoms with E-state index < -0.39 is 0 Å². The fraction of sp³-hybridized carbons (Fsp3) is 0.480. The molecule has 1 heterocycles. The van der Waals surface area contributed by atoms with E-state index in [1.165, 1.54) is 0 Å². The van der Waals surface area contributed by atoms with Crippen LogP contribution in [0, 0.1) is 0 Å². The van der Waals surface area contributed by atoms with E-state index in [-0.39, 0.29) is 5.91 Å². The van der Waals surface area contributed by atoms with Gasteiger partial charge in [0.2, 0.25) is 0 Å². The molecule has 6 nitrogen and oxygen atoms in total. The monoisotopic (exact) mass is 425 g/mol. The zero-order valence-corrected chi connectivity index (χ0v) is 18.8. The van der Waals surface area contributed by atoms with Crippen LogP contribution >= 0.6 is 0 Å². The molecule has 0 aromatic heterocycles. The second kappa shape index (κ2) is 12.4. The molecule has 1 aliphatic heterocycles. The Balaban J connectivity index is 1.54. The van der Waals surface area contributed by atoms with Gasteiger partial charge >= 0.3 is 0 Å². The number of likely N-dealkylation sites (N-methyl/N-ethyl adjacent to an activating group) is 1. The highest BCUT2D eigenvalue weighted by Crippen LogP contribution is 2.18. The Morgan fingerprint density at radius 1 is 1.10 bits per heavy atom. The maximum absolute atomic E-state index is 12.8. The topological polar surface area (TPSA) is 54.0 Å². The Morgan fingerprint density at radius 3 is 2.65 bits per heavy atom. The van der Waals surface area contributed by atoms with E-state index in [1.807, 2.05) is 42.5 Å². The molecule has 1 N–H and O–H groups in total. The normalized spacial score (nSPS) is 14.5. The van der Waals surface area contributed by atoms with Crippen LogP contribution in [0.5, 0.6) is 5.75 Å². The predicted octanol–water partition coefficient (Wildman–Crippen LogP) is 3.17. The third-order valence-corrected chi connectivity index (χ3v) is 5.67. The summed E-state index contributed by atoms with van der Waals surface area (Å²) in [5, 5.41) is 3.05. The van der Waals surface area contributed by atoms with Crippen molar-refractivity contribution in [3.63, 3.8) is 0 Å². The Kier molecular flexibility index (Phi) is 9.34. The average molecular weight is 426 g/mol. The molecule has 1 amide bonds. The third-order valence-electron chi connectivity index (χ3n) is 5.67. The molecule has 0 saturated carbocycles. The van der Waals surface area contributed by atoms with Gasteiger partial charge in [-0.15, -0.1) is 0 Å². The van der Waals surface area contributed by atoms with Crippen molar-refractivity contribution in [2.75, 3.05) is 52.5 Å². The Bertz CT molecular complexity index is 817. The lowest BCUT2D eigenvalue weighted by atomic mass is 10.1. The van der Waals surface area contributed by atoms with E-state index in [0.29, 0.717) is 18.7 Å². The number of hydrogen-bond acceptors (Lipinski definition) is 5. The zero-order chi connectivity index (χ0) is 21.9. The van der Waals surface area contributed by atoms with Gasteiger partial charge in [-0.1, -0.05) is 44.2 Å². The van der Waals surface area contributed by atoms with Gasteiger partial charge in [0.1, 0.15) is 12.4 Å². The lowest BCUT2D eigenvalue weighted by Gasteiger charge is -2.26. The van der Waals surface area contributed by atoms with Gasteiger partial charge in [-0.25, -0.2) is 0 Å². The summed E-state index contributed by atoms with van der Waals surface area (Å²) in [5.41, 5.74) is 2.82. The van der Waals surface area contributed by atoms with E-state index in [4.69, 9.17) is 9.47 Å². The van der Waals surface area contributed by atoms with Gasteiger partial charge in [-0.2, -0.15) is 0 Å². The minimum atomic E-state index is -0.0678. The average Bonchev–Trinajstić information content (AvgIpc) is 2.82. The van der Waals surface area contributed by atoms with Gasteiger partial charge in [0.25, 0.3) is 5.91 Å². The number of morpholine rings is 1. The molecule has 2 aromatic rings. The maximum Gasteiger partial charge on any atom is 0.251 e. The molecule has 1 saturated heterocycles. The number of carbonyl (C=O) groups is 1. The molecule has 0 unspecified atom stereocenters. The molecule has 0 radical (unpaired) electrons. The first kappa shape index (κ1) is 23.3. The van der Waals surface area contributed by atoms with E-state index in [1.54, 1.807) is 0 Å². The van der Waals surface area contributed by atoms with Crippen LogP contribution in [0.3, 0.4) is 0 Å². The van der Waals surface area contributed by atoms with Crippen molar-refractivity contribution in [1.82, 2.24) is 15.1 Å². The van der Waals surface area contributed by atoms with Crippen LogP contribution in [-0.4, -0.2) is 68.3 Å². The number of amides is 1. The number of rotatable bonds is 11. The summed E-state index contributed by atoms with van der Waals surface area (Å²) in [5.74, 6) is 0.762. The van der Waals surface area contributed by atoms with Gasteiger partial charge in [0, 0.05) is 43.9 Å². The summed E-state index contributed by atoms with van der Waals surface area (Å²) < 4.78 is 11.4. The van der Waals surface area contributed by atoms with Crippen molar-refractivity contribution in [2.24, 2.45) is 0 Å². The molecule has 0 bridgehead atoms. The van der Waals surface area contributed by atoms with E-state index >= 15 is 0 Å². The number of nitrogens with zero attached hydrogens (tertiary/aromatic N) is 2. The van der Waals surface area contributed by atoms with Gasteiger partial charge in [-0.3, -0.25) is 9.69 Å². The van der Waals surface area contributed by atoms with Crippen molar-refractivity contribution in [2.45, 2.75) is 26.9 Å². The van der Waals surface area contributed by atoms with Crippen molar-refractivity contribution in [1.29, 1.82) is 0 Å². The lowest BCUT2D eigenvalue weighted by molar-refractivity contribution is 0.0342. The van der Waals surface area contributed by atoms with Crippen LogP contribution in [-0.2, 0) is 17.8 Å². The second-order valence-electron chi connectivity index (χ2n) is 7.75. The fourth-order valence-corrected chi connectivity index (χ4v) is 3.72. The summed E-state index contributed by atoms with van der Waals surface area (Å²) >= 11 is 0. The van der Waals surface area contributed by atoms with Gasteiger partial charge in [0.05, 0.1) is 13.2 Å². The fourth-order valence-electron chi connectivity index (χ4n) is 3.72. The van der Waals surface area contributed by atoms with E-state index in [0.717, 1.165) is 69.4 Å². The molecule has 3 rings (SSSR count). The minimum Gasteiger partial charge on any atom is -0.492 e. The number of carbonyl (C=O) groups excluding carboxylic acids is 1. The molecule has 2 aromatic carbocycles.